The van der Waals surface area contributed by atoms with Gasteiger partial charge in [0.15, 0.2) is 12.0 Å². The van der Waals surface area contributed by atoms with Crippen LogP contribution in [0.1, 0.15) is 25.8 Å². The molecule has 0 unspecified atom stereocenters. The zero-order chi connectivity index (χ0) is 15.7. The summed E-state index contributed by atoms with van der Waals surface area (Å²) in [5.41, 5.74) is -0.00558. The van der Waals surface area contributed by atoms with E-state index in [9.17, 15) is 10.1 Å². The van der Waals surface area contributed by atoms with Crippen molar-refractivity contribution >= 4 is 5.69 Å². The molecule has 0 heterocycles. The molecule has 0 amide bonds. The molecular formula is C14H18N2O5. The number of rotatable bonds is 9. The van der Waals surface area contributed by atoms with E-state index in [0.717, 1.165) is 0 Å². The Bertz CT molecular complexity index is 507. The molecule has 0 radical (unpaired) electrons. The maximum Gasteiger partial charge on any atom is 0.312 e. The molecule has 0 aliphatic carbocycles. The second-order valence-electron chi connectivity index (χ2n) is 4.03. The summed E-state index contributed by atoms with van der Waals surface area (Å²) < 4.78 is 16.1. The predicted molar refractivity (Wildman–Crippen MR) is 75.0 cm³/mol. The van der Waals surface area contributed by atoms with Crippen LogP contribution in [0.2, 0.25) is 0 Å². The number of ether oxygens (including phenoxy) is 3. The summed E-state index contributed by atoms with van der Waals surface area (Å²) in [6.07, 6.45) is 0.0659. The molecular weight excluding hydrogens is 276 g/mol. The normalized spacial score (nSPS) is 10.4. The summed E-state index contributed by atoms with van der Waals surface area (Å²) >= 11 is 0. The molecule has 1 aromatic rings. The number of hydrogen-bond acceptors (Lipinski definition) is 6. The Balaban J connectivity index is 2.66. The van der Waals surface area contributed by atoms with Crippen molar-refractivity contribution in [1.82, 2.24) is 0 Å². The van der Waals surface area contributed by atoms with Gasteiger partial charge in [-0.25, -0.2) is 0 Å². The summed E-state index contributed by atoms with van der Waals surface area (Å²) in [6.45, 7) is 4.97. The van der Waals surface area contributed by atoms with E-state index in [4.69, 9.17) is 19.5 Å². The quantitative estimate of drug-likeness (QED) is 0.395. The van der Waals surface area contributed by atoms with Crippen LogP contribution in [0.5, 0.6) is 5.75 Å². The van der Waals surface area contributed by atoms with Crippen molar-refractivity contribution in [1.29, 1.82) is 5.26 Å². The van der Waals surface area contributed by atoms with Crippen LogP contribution in [-0.4, -0.2) is 31.0 Å². The fourth-order valence-electron chi connectivity index (χ4n) is 1.70. The molecule has 0 aliphatic heterocycles. The van der Waals surface area contributed by atoms with Crippen LogP contribution in [0.25, 0.3) is 0 Å². The van der Waals surface area contributed by atoms with Gasteiger partial charge < -0.3 is 14.2 Å². The van der Waals surface area contributed by atoms with Crippen molar-refractivity contribution < 1.29 is 19.1 Å². The SMILES string of the molecule is CCOC(CCOc1ccc(C#N)cc1[N+](=O)[O-])OCC. The Hall–Kier alpha value is -2.17. The number of nitro benzene ring substituents is 1. The van der Waals surface area contributed by atoms with Gasteiger partial charge in [-0.1, -0.05) is 0 Å². The molecule has 0 N–H and O–H groups in total. The highest BCUT2D eigenvalue weighted by molar-refractivity contribution is 5.51. The van der Waals surface area contributed by atoms with Gasteiger partial charge in [0.1, 0.15) is 0 Å². The third-order valence-electron chi connectivity index (χ3n) is 2.60. The van der Waals surface area contributed by atoms with Gasteiger partial charge in [0, 0.05) is 25.7 Å². The Morgan fingerprint density at radius 1 is 1.33 bits per heavy atom. The average molecular weight is 294 g/mol. The van der Waals surface area contributed by atoms with E-state index >= 15 is 0 Å². The Labute approximate surface area is 123 Å². The fraction of sp³-hybridized carbons (Fsp3) is 0.500. The Kier molecular flexibility index (Phi) is 7.15. The molecule has 114 valence electrons. The van der Waals surface area contributed by atoms with Crippen LogP contribution in [0, 0.1) is 21.4 Å². The molecule has 0 spiro atoms. The molecule has 7 heteroatoms. The molecule has 0 fully saturated rings. The first kappa shape index (κ1) is 16.9. The number of nitrogens with zero attached hydrogens (tertiary/aromatic N) is 2. The monoisotopic (exact) mass is 294 g/mol. The highest BCUT2D eigenvalue weighted by Gasteiger charge is 2.17. The summed E-state index contributed by atoms with van der Waals surface area (Å²) in [7, 11) is 0. The van der Waals surface area contributed by atoms with Gasteiger partial charge in [-0.3, -0.25) is 10.1 Å². The van der Waals surface area contributed by atoms with E-state index in [1.54, 1.807) is 0 Å². The first-order valence-corrected chi connectivity index (χ1v) is 6.66. The summed E-state index contributed by atoms with van der Waals surface area (Å²) in [4.78, 5) is 10.4. The van der Waals surface area contributed by atoms with Crippen molar-refractivity contribution in [3.63, 3.8) is 0 Å². The van der Waals surface area contributed by atoms with Crippen molar-refractivity contribution in [2.75, 3.05) is 19.8 Å². The van der Waals surface area contributed by atoms with Crippen LogP contribution in [0.15, 0.2) is 18.2 Å². The lowest BCUT2D eigenvalue weighted by atomic mass is 10.2. The van der Waals surface area contributed by atoms with Crippen molar-refractivity contribution in [3.05, 3.63) is 33.9 Å². The lowest BCUT2D eigenvalue weighted by molar-refractivity contribution is -0.385. The van der Waals surface area contributed by atoms with E-state index in [0.29, 0.717) is 19.6 Å². The molecule has 0 saturated heterocycles. The zero-order valence-corrected chi connectivity index (χ0v) is 12.1. The largest absolute Gasteiger partial charge is 0.487 e. The van der Waals surface area contributed by atoms with Crippen molar-refractivity contribution in [3.8, 4) is 11.8 Å². The lowest BCUT2D eigenvalue weighted by Gasteiger charge is -2.17. The Morgan fingerprint density at radius 3 is 2.52 bits per heavy atom. The minimum Gasteiger partial charge on any atom is -0.487 e. The fourth-order valence-corrected chi connectivity index (χ4v) is 1.70. The molecule has 1 rings (SSSR count). The minimum absolute atomic E-state index is 0.130. The first-order chi connectivity index (χ1) is 10.1. The van der Waals surface area contributed by atoms with Crippen molar-refractivity contribution in [2.24, 2.45) is 0 Å². The molecule has 0 saturated carbocycles. The third-order valence-corrected chi connectivity index (χ3v) is 2.60. The van der Waals surface area contributed by atoms with Gasteiger partial charge in [-0.15, -0.1) is 0 Å². The minimum atomic E-state index is -0.571. The number of nitriles is 1. The van der Waals surface area contributed by atoms with Gasteiger partial charge in [-0.2, -0.15) is 5.26 Å². The molecule has 7 nitrogen and oxygen atoms in total. The van der Waals surface area contributed by atoms with E-state index in [1.165, 1.54) is 18.2 Å². The molecule has 0 bridgehead atoms. The van der Waals surface area contributed by atoms with Gasteiger partial charge in [0.25, 0.3) is 0 Å². The summed E-state index contributed by atoms with van der Waals surface area (Å²) in [5.74, 6) is 0.130. The average Bonchev–Trinajstić information content (AvgIpc) is 2.47. The van der Waals surface area contributed by atoms with Crippen LogP contribution in [0.3, 0.4) is 0 Å². The highest BCUT2D eigenvalue weighted by atomic mass is 16.7. The number of hydrogen-bond donors (Lipinski definition) is 0. The Morgan fingerprint density at radius 2 is 2.00 bits per heavy atom. The maximum atomic E-state index is 11.0. The van der Waals surface area contributed by atoms with Crippen LogP contribution < -0.4 is 4.74 Å². The zero-order valence-electron chi connectivity index (χ0n) is 12.1. The number of nitro groups is 1. The van der Waals surface area contributed by atoms with Crippen LogP contribution in [0.4, 0.5) is 5.69 Å². The smallest absolute Gasteiger partial charge is 0.312 e. The maximum absolute atomic E-state index is 11.0. The molecule has 0 atom stereocenters. The topological polar surface area (TPSA) is 94.6 Å². The summed E-state index contributed by atoms with van der Waals surface area (Å²) in [6, 6.07) is 5.95. The van der Waals surface area contributed by atoms with E-state index in [1.807, 2.05) is 19.9 Å². The van der Waals surface area contributed by atoms with Gasteiger partial charge in [0.05, 0.1) is 23.2 Å². The molecule has 0 aliphatic rings. The standard InChI is InChI=1S/C14H18N2O5/c1-3-19-14(20-4-2)7-8-21-13-6-5-11(10-15)9-12(13)16(17)18/h5-6,9,14H,3-4,7-8H2,1-2H3. The van der Waals surface area contributed by atoms with E-state index in [2.05, 4.69) is 0 Å². The third kappa shape index (κ3) is 5.38. The van der Waals surface area contributed by atoms with Crippen molar-refractivity contribution in [2.45, 2.75) is 26.6 Å². The molecule has 0 aromatic heterocycles. The van der Waals surface area contributed by atoms with E-state index < -0.39 is 11.2 Å². The molecule has 1 aromatic carbocycles. The van der Waals surface area contributed by atoms with Gasteiger partial charge >= 0.3 is 5.69 Å². The van der Waals surface area contributed by atoms with E-state index in [-0.39, 0.29) is 23.6 Å². The lowest BCUT2D eigenvalue weighted by Crippen LogP contribution is -2.20. The predicted octanol–water partition coefficient (Wildman–Crippen LogP) is 2.63. The van der Waals surface area contributed by atoms with Gasteiger partial charge in [0.2, 0.25) is 0 Å². The summed E-state index contributed by atoms with van der Waals surface area (Å²) in [5, 5.41) is 19.7. The second-order valence-corrected chi connectivity index (χ2v) is 4.03. The number of benzene rings is 1. The molecule has 21 heavy (non-hydrogen) atoms. The van der Waals surface area contributed by atoms with Gasteiger partial charge in [-0.05, 0) is 26.0 Å². The van der Waals surface area contributed by atoms with Crippen LogP contribution >= 0.6 is 0 Å². The first-order valence-electron chi connectivity index (χ1n) is 6.66. The second kappa shape index (κ2) is 8.89. The van der Waals surface area contributed by atoms with Crippen LogP contribution in [-0.2, 0) is 9.47 Å². The highest BCUT2D eigenvalue weighted by Crippen LogP contribution is 2.28.